The molecular formula is C17H37N3O. The lowest BCUT2D eigenvalue weighted by Gasteiger charge is -2.35. The van der Waals surface area contributed by atoms with Gasteiger partial charge in [-0.15, -0.1) is 0 Å². The molecule has 2 N–H and O–H groups in total. The second kappa shape index (κ2) is 9.09. The molecule has 1 saturated heterocycles. The summed E-state index contributed by atoms with van der Waals surface area (Å²) in [5.74, 6) is 0. The van der Waals surface area contributed by atoms with Crippen LogP contribution < -0.4 is 5.32 Å². The minimum absolute atomic E-state index is 0.0972. The number of likely N-dealkylation sites (N-methyl/N-ethyl adjacent to an activating group) is 1. The van der Waals surface area contributed by atoms with E-state index in [-0.39, 0.29) is 12.1 Å². The third-order valence-corrected chi connectivity index (χ3v) is 4.86. The Morgan fingerprint density at radius 2 is 2.05 bits per heavy atom. The van der Waals surface area contributed by atoms with Crippen molar-refractivity contribution in [3.05, 3.63) is 0 Å². The summed E-state index contributed by atoms with van der Waals surface area (Å²) >= 11 is 0. The normalized spacial score (nSPS) is 25.0. The highest BCUT2D eigenvalue weighted by Crippen LogP contribution is 2.19. The fourth-order valence-corrected chi connectivity index (χ4v) is 3.57. The van der Waals surface area contributed by atoms with Crippen molar-refractivity contribution in [3.63, 3.8) is 0 Å². The second-order valence-corrected chi connectivity index (χ2v) is 7.20. The average molecular weight is 300 g/mol. The first-order valence-electron chi connectivity index (χ1n) is 8.73. The average Bonchev–Trinajstić information content (AvgIpc) is 2.58. The lowest BCUT2D eigenvalue weighted by molar-refractivity contribution is 0.125. The molecule has 21 heavy (non-hydrogen) atoms. The molecule has 2 atom stereocenters. The minimum atomic E-state index is -0.0972. The summed E-state index contributed by atoms with van der Waals surface area (Å²) in [4.78, 5) is 5.06. The molecule has 1 fully saturated rings. The first-order chi connectivity index (χ1) is 9.92. The molecule has 0 amide bonds. The lowest BCUT2D eigenvalue weighted by Crippen LogP contribution is -2.51. The van der Waals surface area contributed by atoms with E-state index in [1.54, 1.807) is 0 Å². The third kappa shape index (κ3) is 6.23. The number of nitrogens with one attached hydrogen (secondary N) is 1. The highest BCUT2D eigenvalue weighted by Gasteiger charge is 2.28. The molecule has 1 rings (SSSR count). The maximum Gasteiger partial charge on any atom is 0.0613 e. The molecule has 0 saturated carbocycles. The summed E-state index contributed by atoms with van der Waals surface area (Å²) in [7, 11) is 2.22. The van der Waals surface area contributed by atoms with E-state index in [1.165, 1.54) is 26.1 Å². The number of hydrogen-bond donors (Lipinski definition) is 2. The van der Waals surface area contributed by atoms with Gasteiger partial charge in [-0.3, -0.25) is 4.90 Å². The second-order valence-electron chi connectivity index (χ2n) is 7.20. The van der Waals surface area contributed by atoms with Crippen LogP contribution in [0.15, 0.2) is 0 Å². The van der Waals surface area contributed by atoms with Crippen molar-refractivity contribution in [3.8, 4) is 0 Å². The Kier molecular flexibility index (Phi) is 8.17. The topological polar surface area (TPSA) is 38.7 Å². The summed E-state index contributed by atoms with van der Waals surface area (Å²) in [5.41, 5.74) is -0.0972. The van der Waals surface area contributed by atoms with Gasteiger partial charge in [0.2, 0.25) is 0 Å². The molecule has 2 unspecified atom stereocenters. The Labute approximate surface area is 131 Å². The van der Waals surface area contributed by atoms with Gasteiger partial charge in [-0.1, -0.05) is 20.8 Å². The molecule has 0 aromatic carbocycles. The largest absolute Gasteiger partial charge is 0.394 e. The molecule has 0 aromatic rings. The fourth-order valence-electron chi connectivity index (χ4n) is 3.57. The molecule has 1 heterocycles. The van der Waals surface area contributed by atoms with Crippen LogP contribution in [0.1, 0.15) is 53.4 Å². The number of rotatable bonds is 8. The van der Waals surface area contributed by atoms with Crippen LogP contribution in [-0.4, -0.2) is 72.4 Å². The Balaban J connectivity index is 2.45. The van der Waals surface area contributed by atoms with Crippen LogP contribution in [0, 0.1) is 0 Å². The van der Waals surface area contributed by atoms with E-state index in [2.05, 4.69) is 49.9 Å². The Bertz CT molecular complexity index is 279. The van der Waals surface area contributed by atoms with Gasteiger partial charge in [0, 0.05) is 24.2 Å². The fraction of sp³-hybridized carbons (Fsp3) is 1.00. The van der Waals surface area contributed by atoms with Gasteiger partial charge in [0.25, 0.3) is 0 Å². The van der Waals surface area contributed by atoms with Gasteiger partial charge in [0.1, 0.15) is 0 Å². The highest BCUT2D eigenvalue weighted by atomic mass is 16.3. The van der Waals surface area contributed by atoms with Gasteiger partial charge >= 0.3 is 0 Å². The quantitative estimate of drug-likeness (QED) is 0.718. The van der Waals surface area contributed by atoms with Gasteiger partial charge in [-0.2, -0.15) is 0 Å². The molecule has 0 radical (unpaired) electrons. The molecule has 126 valence electrons. The zero-order valence-corrected chi connectivity index (χ0v) is 14.9. The first kappa shape index (κ1) is 18.9. The molecule has 0 aliphatic carbocycles. The molecule has 1 aliphatic rings. The molecule has 1 aliphatic heterocycles. The van der Waals surface area contributed by atoms with E-state index < -0.39 is 0 Å². The number of hydrogen-bond acceptors (Lipinski definition) is 4. The van der Waals surface area contributed by atoms with Crippen molar-refractivity contribution in [1.82, 2.24) is 15.1 Å². The van der Waals surface area contributed by atoms with Gasteiger partial charge in [0.15, 0.2) is 0 Å². The van der Waals surface area contributed by atoms with Crippen LogP contribution >= 0.6 is 0 Å². The molecule has 0 spiro atoms. The van der Waals surface area contributed by atoms with Crippen LogP contribution in [0.4, 0.5) is 0 Å². The van der Waals surface area contributed by atoms with E-state index in [0.717, 1.165) is 25.8 Å². The maximum absolute atomic E-state index is 9.81. The van der Waals surface area contributed by atoms with Crippen LogP contribution in [0.3, 0.4) is 0 Å². The SMILES string of the molecule is CCC(CO)(CCCN1CCCN(C)CC1C)NC(C)C. The smallest absolute Gasteiger partial charge is 0.0613 e. The standard InChI is InChI=1S/C17H37N3O/c1-6-17(14-21,18-15(2)3)9-7-11-20-12-8-10-19(5)13-16(20)4/h15-16,18,21H,6-14H2,1-5H3. The highest BCUT2D eigenvalue weighted by molar-refractivity contribution is 4.88. The molecule has 4 heteroatoms. The van der Waals surface area contributed by atoms with E-state index in [1.807, 2.05) is 0 Å². The summed E-state index contributed by atoms with van der Waals surface area (Å²) in [6.45, 7) is 13.8. The third-order valence-electron chi connectivity index (χ3n) is 4.86. The lowest BCUT2D eigenvalue weighted by atomic mass is 9.90. The predicted octanol–water partition coefficient (Wildman–Crippen LogP) is 1.93. The zero-order valence-electron chi connectivity index (χ0n) is 14.9. The van der Waals surface area contributed by atoms with Gasteiger partial charge in [-0.25, -0.2) is 0 Å². The summed E-state index contributed by atoms with van der Waals surface area (Å²) in [5, 5.41) is 13.4. The van der Waals surface area contributed by atoms with E-state index in [0.29, 0.717) is 12.1 Å². The number of aliphatic hydroxyl groups is 1. The summed E-state index contributed by atoms with van der Waals surface area (Å²) < 4.78 is 0. The molecule has 4 nitrogen and oxygen atoms in total. The van der Waals surface area contributed by atoms with Crippen LogP contribution in [0.25, 0.3) is 0 Å². The van der Waals surface area contributed by atoms with Crippen LogP contribution in [-0.2, 0) is 0 Å². The molecule has 0 aromatic heterocycles. The van der Waals surface area contributed by atoms with Crippen molar-refractivity contribution in [2.24, 2.45) is 0 Å². The van der Waals surface area contributed by atoms with Crippen molar-refractivity contribution in [2.45, 2.75) is 71.0 Å². The van der Waals surface area contributed by atoms with Crippen molar-refractivity contribution in [1.29, 1.82) is 0 Å². The number of aliphatic hydroxyl groups excluding tert-OH is 1. The predicted molar refractivity (Wildman–Crippen MR) is 90.8 cm³/mol. The van der Waals surface area contributed by atoms with E-state index in [9.17, 15) is 5.11 Å². The molecular weight excluding hydrogens is 262 g/mol. The minimum Gasteiger partial charge on any atom is -0.394 e. The zero-order chi connectivity index (χ0) is 15.9. The van der Waals surface area contributed by atoms with Crippen molar-refractivity contribution in [2.75, 3.05) is 39.8 Å². The van der Waals surface area contributed by atoms with Gasteiger partial charge in [0.05, 0.1) is 6.61 Å². The Morgan fingerprint density at radius 3 is 2.62 bits per heavy atom. The molecule has 0 bridgehead atoms. The summed E-state index contributed by atoms with van der Waals surface area (Å²) in [6, 6.07) is 1.06. The van der Waals surface area contributed by atoms with Gasteiger partial charge in [-0.05, 0) is 59.3 Å². The van der Waals surface area contributed by atoms with Gasteiger partial charge < -0.3 is 15.3 Å². The monoisotopic (exact) mass is 299 g/mol. The van der Waals surface area contributed by atoms with E-state index >= 15 is 0 Å². The van der Waals surface area contributed by atoms with Crippen molar-refractivity contribution >= 4 is 0 Å². The maximum atomic E-state index is 9.81. The first-order valence-corrected chi connectivity index (χ1v) is 8.73. The Morgan fingerprint density at radius 1 is 1.33 bits per heavy atom. The van der Waals surface area contributed by atoms with Crippen LogP contribution in [0.5, 0.6) is 0 Å². The summed E-state index contributed by atoms with van der Waals surface area (Å²) in [6.07, 6.45) is 4.46. The van der Waals surface area contributed by atoms with Crippen LogP contribution in [0.2, 0.25) is 0 Å². The Hall–Kier alpha value is -0.160. The van der Waals surface area contributed by atoms with E-state index in [4.69, 9.17) is 0 Å². The van der Waals surface area contributed by atoms with Crippen molar-refractivity contribution < 1.29 is 5.11 Å². The number of nitrogens with zero attached hydrogens (tertiary/aromatic N) is 2.